The largest absolute Gasteiger partial charge is 0.456 e. The standard InChI is InChI=1S/C110H62N8O3S/c1-2-20-63(21-3-1)64-40-46-69(47-41-64)106-112-108(75-51-55-99-87(59-75)79-29-13-19-37-98(79)122-99)116-110(114-106)88-62-83(104-101(81-31-12-18-36-95(81)121-104)103(88)118-90-33-15-9-27-77(90)85-57-71-23-5-7-25-73(71)61-92(85)118)67-44-38-65(39-45-67)66-42-48-68(49-43-66)105-111-107(74-50-53-96-86(58-74)78-28-10-16-34-93(78)119-96)115-109(113-105)82-52-54-97-100(80-30-11-17-35-94(80)120-97)102(82)117-89-32-14-8-26-76(89)84-56-70-22-4-6-24-72(70)60-91(84)117/h1-62H. The average Bonchev–Trinajstić information content (AvgIpc) is 1.54. The molecule has 0 amide bonds. The van der Waals surface area contributed by atoms with E-state index in [4.69, 9.17) is 43.2 Å². The minimum Gasteiger partial charge on any atom is -0.456 e. The minimum atomic E-state index is 0.504. The van der Waals surface area contributed by atoms with E-state index >= 15 is 0 Å². The average molecular weight is 1580 g/mol. The van der Waals surface area contributed by atoms with Gasteiger partial charge in [-0.15, -0.1) is 11.3 Å². The van der Waals surface area contributed by atoms with E-state index in [0.29, 0.717) is 34.9 Å². The number of hydrogen-bond donors (Lipinski definition) is 0. The Kier molecular flexibility index (Phi) is 14.8. The summed E-state index contributed by atoms with van der Waals surface area (Å²) in [5, 5.41) is 17.3. The molecule has 12 heteroatoms. The fraction of sp³-hybridized carbons (Fsp3) is 0. The van der Waals surface area contributed by atoms with Crippen molar-refractivity contribution in [3.05, 3.63) is 376 Å². The maximum Gasteiger partial charge on any atom is 0.166 e. The van der Waals surface area contributed by atoms with Crippen LogP contribution in [0.15, 0.2) is 389 Å². The zero-order valence-corrected chi connectivity index (χ0v) is 65.8. The molecule has 0 aliphatic carbocycles. The molecule has 11 nitrogen and oxygen atoms in total. The third-order valence-electron chi connectivity index (χ3n) is 24.6. The lowest BCUT2D eigenvalue weighted by Crippen LogP contribution is -2.05. The van der Waals surface area contributed by atoms with Crippen molar-refractivity contribution in [1.29, 1.82) is 0 Å². The Balaban J connectivity index is 0.657. The third kappa shape index (κ3) is 10.6. The maximum absolute atomic E-state index is 7.35. The lowest BCUT2D eigenvalue weighted by molar-refractivity contribution is 0.668. The Morgan fingerprint density at radius 1 is 0.197 bits per heavy atom. The van der Waals surface area contributed by atoms with Gasteiger partial charge >= 0.3 is 0 Å². The first kappa shape index (κ1) is 67.8. The van der Waals surface area contributed by atoms with Gasteiger partial charge in [-0.1, -0.05) is 261 Å². The molecule has 122 heavy (non-hydrogen) atoms. The Bertz CT molecular complexity index is 8900. The van der Waals surface area contributed by atoms with Crippen molar-refractivity contribution >= 4 is 162 Å². The molecule has 0 aliphatic rings. The number of benzene rings is 18. The summed E-state index contributed by atoms with van der Waals surface area (Å²) in [6, 6.07) is 133. The summed E-state index contributed by atoms with van der Waals surface area (Å²) in [7, 11) is 0. The Morgan fingerprint density at radius 2 is 0.582 bits per heavy atom. The quantitative estimate of drug-likeness (QED) is 0.124. The highest BCUT2D eigenvalue weighted by atomic mass is 32.1. The van der Waals surface area contributed by atoms with Crippen molar-refractivity contribution in [3.63, 3.8) is 0 Å². The first-order valence-electron chi connectivity index (χ1n) is 40.9. The van der Waals surface area contributed by atoms with Crippen LogP contribution in [-0.4, -0.2) is 39.0 Å². The van der Waals surface area contributed by atoms with Crippen LogP contribution in [0, 0.1) is 0 Å². The highest BCUT2D eigenvalue weighted by Crippen LogP contribution is 2.50. The predicted octanol–water partition coefficient (Wildman–Crippen LogP) is 29.6. The summed E-state index contributed by atoms with van der Waals surface area (Å²) >= 11 is 1.79. The molecule has 0 saturated heterocycles. The molecule has 0 aliphatic heterocycles. The Labute approximate surface area is 699 Å². The van der Waals surface area contributed by atoms with Gasteiger partial charge in [0.1, 0.15) is 33.5 Å². The van der Waals surface area contributed by atoms with Crippen molar-refractivity contribution in [2.45, 2.75) is 0 Å². The fourth-order valence-electron chi connectivity index (χ4n) is 18.8. The van der Waals surface area contributed by atoms with Gasteiger partial charge in [-0.2, -0.15) is 0 Å². The van der Waals surface area contributed by atoms with Crippen LogP contribution >= 0.6 is 11.3 Å². The van der Waals surface area contributed by atoms with Gasteiger partial charge < -0.3 is 22.4 Å². The molecule has 26 rings (SSSR count). The zero-order valence-electron chi connectivity index (χ0n) is 65.0. The monoisotopic (exact) mass is 1570 g/mol. The summed E-state index contributed by atoms with van der Waals surface area (Å²) in [6.07, 6.45) is 0. The fourth-order valence-corrected chi connectivity index (χ4v) is 19.9. The van der Waals surface area contributed by atoms with E-state index in [2.05, 4.69) is 337 Å². The molecular weight excluding hydrogens is 1510 g/mol. The molecule has 8 aromatic heterocycles. The number of nitrogens with zero attached hydrogens (tertiary/aromatic N) is 8. The van der Waals surface area contributed by atoms with Gasteiger partial charge in [0.05, 0.1) is 44.2 Å². The molecule has 0 saturated carbocycles. The number of para-hydroxylation sites is 5. The topological polar surface area (TPSA) is 127 Å². The van der Waals surface area contributed by atoms with E-state index < -0.39 is 0 Å². The molecule has 8 heterocycles. The predicted molar refractivity (Wildman–Crippen MR) is 501 cm³/mol. The molecule has 0 radical (unpaired) electrons. The van der Waals surface area contributed by atoms with Gasteiger partial charge in [-0.25, -0.2) is 29.9 Å². The lowest BCUT2D eigenvalue weighted by Gasteiger charge is -2.18. The number of rotatable bonds is 11. The van der Waals surface area contributed by atoms with E-state index in [-0.39, 0.29) is 0 Å². The van der Waals surface area contributed by atoms with Crippen molar-refractivity contribution < 1.29 is 13.3 Å². The number of hydrogen-bond acceptors (Lipinski definition) is 10. The van der Waals surface area contributed by atoms with Gasteiger partial charge in [0, 0.05) is 102 Å². The van der Waals surface area contributed by atoms with Crippen LogP contribution in [0.3, 0.4) is 0 Å². The molecule has 18 aromatic carbocycles. The van der Waals surface area contributed by atoms with Crippen LogP contribution < -0.4 is 0 Å². The molecule has 566 valence electrons. The van der Waals surface area contributed by atoms with Gasteiger partial charge in [0.2, 0.25) is 0 Å². The second-order valence-corrected chi connectivity index (χ2v) is 32.6. The second-order valence-electron chi connectivity index (χ2n) is 31.5. The molecule has 0 atom stereocenters. The van der Waals surface area contributed by atoms with Crippen LogP contribution in [0.2, 0.25) is 0 Å². The van der Waals surface area contributed by atoms with Gasteiger partial charge in [0.25, 0.3) is 0 Å². The third-order valence-corrected chi connectivity index (χ3v) is 25.8. The minimum absolute atomic E-state index is 0.504. The zero-order chi connectivity index (χ0) is 79.8. The summed E-state index contributed by atoms with van der Waals surface area (Å²) in [6.45, 7) is 0. The van der Waals surface area contributed by atoms with Gasteiger partial charge in [-0.3, -0.25) is 0 Å². The van der Waals surface area contributed by atoms with E-state index in [9.17, 15) is 0 Å². The molecule has 26 aromatic rings. The molecule has 0 N–H and O–H groups in total. The summed E-state index contributed by atoms with van der Waals surface area (Å²) in [4.78, 5) is 33.6. The van der Waals surface area contributed by atoms with Crippen LogP contribution in [-0.2, 0) is 0 Å². The van der Waals surface area contributed by atoms with E-state index in [1.54, 1.807) is 11.3 Å². The molecule has 0 spiro atoms. The Hall–Kier alpha value is -16.3. The molecular formula is C110H62N8O3S. The van der Waals surface area contributed by atoms with Crippen molar-refractivity contribution in [1.82, 2.24) is 39.0 Å². The van der Waals surface area contributed by atoms with Crippen LogP contribution in [0.25, 0.3) is 264 Å². The second kappa shape index (κ2) is 26.6. The normalized spacial score (nSPS) is 12.1. The van der Waals surface area contributed by atoms with E-state index in [1.165, 1.54) is 20.2 Å². The number of fused-ring (bicyclic) bond motifs is 20. The molecule has 0 unspecified atom stereocenters. The smallest absolute Gasteiger partial charge is 0.166 e. The van der Waals surface area contributed by atoms with Crippen molar-refractivity contribution in [2.24, 2.45) is 0 Å². The maximum atomic E-state index is 7.35. The van der Waals surface area contributed by atoms with Gasteiger partial charge in [-0.05, 0) is 165 Å². The lowest BCUT2D eigenvalue weighted by atomic mass is 9.94. The summed E-state index contributed by atoms with van der Waals surface area (Å²) < 4.78 is 27.8. The van der Waals surface area contributed by atoms with Crippen LogP contribution in [0.4, 0.5) is 0 Å². The number of thiophene rings is 1. The summed E-state index contributed by atoms with van der Waals surface area (Å²) in [5.41, 5.74) is 21.6. The first-order chi connectivity index (χ1) is 60.4. The highest BCUT2D eigenvalue weighted by Gasteiger charge is 2.30. The van der Waals surface area contributed by atoms with Crippen molar-refractivity contribution in [3.8, 4) is 113 Å². The molecule has 0 bridgehead atoms. The highest BCUT2D eigenvalue weighted by molar-refractivity contribution is 7.25. The van der Waals surface area contributed by atoms with Crippen LogP contribution in [0.1, 0.15) is 0 Å². The van der Waals surface area contributed by atoms with E-state index in [0.717, 1.165) is 209 Å². The van der Waals surface area contributed by atoms with Crippen molar-refractivity contribution in [2.75, 3.05) is 0 Å². The number of aromatic nitrogens is 8. The summed E-state index contributed by atoms with van der Waals surface area (Å²) in [5.74, 6) is 3.14. The van der Waals surface area contributed by atoms with E-state index in [1.807, 2.05) is 48.5 Å². The van der Waals surface area contributed by atoms with Gasteiger partial charge in [0.15, 0.2) is 34.9 Å². The van der Waals surface area contributed by atoms with Crippen LogP contribution in [0.5, 0.6) is 0 Å². The first-order valence-corrected chi connectivity index (χ1v) is 41.7. The SMILES string of the molecule is c1ccc(-c2ccc(-c3nc(-c4ccc5sc6ccccc6c5c4)nc(-c4cc(-c5ccc(-c6ccc(-c7nc(-c8ccc9oc%10ccccc%10c9c8)nc(-c8ccc9oc%10ccccc%10c9c8-n8c9ccccc9c9cc%10ccccc%10cc98)n7)cc6)cc5)c5oc6ccccc6c5c4-n4c5ccccc5c5cc6ccccc6cc54)n3)cc2)cc1. The molecule has 0 fully saturated rings. The Morgan fingerprint density at radius 3 is 1.18 bits per heavy atom. The number of furan rings is 3.